The van der Waals surface area contributed by atoms with Gasteiger partial charge >= 0.3 is 0 Å². The first kappa shape index (κ1) is 10.2. The number of phenols is 1. The lowest BCUT2D eigenvalue weighted by atomic mass is 10.2. The molecular weight excluding hydrogens is 189 g/mol. The Hall–Kier alpha value is -1.91. The molecular formula is C9H8FNO3. The molecule has 0 heterocycles. The molecule has 0 fully saturated rings. The van der Waals surface area contributed by atoms with Gasteiger partial charge in [-0.1, -0.05) is 6.07 Å². The second-order valence-electron chi connectivity index (χ2n) is 2.75. The van der Waals surface area contributed by atoms with Crippen molar-refractivity contribution < 1.29 is 14.4 Å². The molecule has 0 radical (unpaired) electrons. The predicted molar refractivity (Wildman–Crippen MR) is 48.7 cm³/mol. The average Bonchev–Trinajstić information content (AvgIpc) is 2.11. The average molecular weight is 197 g/mol. The van der Waals surface area contributed by atoms with Gasteiger partial charge in [0, 0.05) is 13.0 Å². The van der Waals surface area contributed by atoms with Gasteiger partial charge in [-0.05, 0) is 17.7 Å². The number of phenolic OH excluding ortho intramolecular Hbond substituents is 1. The van der Waals surface area contributed by atoms with Crippen LogP contribution in [-0.4, -0.2) is 10.0 Å². The molecule has 0 spiro atoms. The molecule has 0 unspecified atom stereocenters. The zero-order valence-corrected chi connectivity index (χ0v) is 7.40. The van der Waals surface area contributed by atoms with Gasteiger partial charge in [0.05, 0.1) is 4.92 Å². The molecule has 0 saturated carbocycles. The minimum absolute atomic E-state index is 0.0879. The van der Waals surface area contributed by atoms with Gasteiger partial charge < -0.3 is 5.11 Å². The fourth-order valence-electron chi connectivity index (χ4n) is 0.907. The molecule has 0 bridgehead atoms. The van der Waals surface area contributed by atoms with E-state index in [0.717, 1.165) is 12.1 Å². The Morgan fingerprint density at radius 2 is 2.29 bits per heavy atom. The molecule has 0 aliphatic heterocycles. The van der Waals surface area contributed by atoms with Crippen LogP contribution >= 0.6 is 0 Å². The van der Waals surface area contributed by atoms with Crippen LogP contribution in [0, 0.1) is 15.9 Å². The highest BCUT2D eigenvalue weighted by Gasteiger charge is 2.04. The molecule has 0 amide bonds. The van der Waals surface area contributed by atoms with Crippen LogP contribution in [0.4, 0.5) is 4.39 Å². The summed E-state index contributed by atoms with van der Waals surface area (Å²) in [5.74, 6) is -1.27. The lowest BCUT2D eigenvalue weighted by Crippen LogP contribution is -1.93. The van der Waals surface area contributed by atoms with Crippen molar-refractivity contribution in [1.29, 1.82) is 0 Å². The zero-order chi connectivity index (χ0) is 10.7. The summed E-state index contributed by atoms with van der Waals surface area (Å²) in [5.41, 5.74) is 0.254. The van der Waals surface area contributed by atoms with Gasteiger partial charge in [0.25, 0.3) is 0 Å². The van der Waals surface area contributed by atoms with Crippen LogP contribution in [0.15, 0.2) is 23.9 Å². The molecule has 1 rings (SSSR count). The number of benzene rings is 1. The van der Waals surface area contributed by atoms with Crippen molar-refractivity contribution in [3.8, 4) is 5.75 Å². The maximum absolute atomic E-state index is 12.8. The third-order valence-electron chi connectivity index (χ3n) is 1.64. The lowest BCUT2D eigenvalue weighted by Gasteiger charge is -1.96. The highest BCUT2D eigenvalue weighted by Crippen LogP contribution is 2.17. The number of halogens is 1. The Morgan fingerprint density at radius 1 is 1.64 bits per heavy atom. The van der Waals surface area contributed by atoms with Crippen LogP contribution in [0.3, 0.4) is 0 Å². The molecule has 0 atom stereocenters. The molecule has 1 aromatic carbocycles. The Bertz CT molecular complexity index is 401. The molecule has 0 aliphatic rings. The van der Waals surface area contributed by atoms with Crippen LogP contribution in [0.25, 0.3) is 6.08 Å². The van der Waals surface area contributed by atoms with Crippen molar-refractivity contribution in [3.05, 3.63) is 45.4 Å². The summed E-state index contributed by atoms with van der Waals surface area (Å²) in [6, 6.07) is 3.57. The van der Waals surface area contributed by atoms with Crippen molar-refractivity contribution in [2.45, 2.75) is 6.92 Å². The van der Waals surface area contributed by atoms with Crippen LogP contribution in [-0.2, 0) is 0 Å². The van der Waals surface area contributed by atoms with Crippen molar-refractivity contribution in [1.82, 2.24) is 0 Å². The van der Waals surface area contributed by atoms with Crippen molar-refractivity contribution in [3.63, 3.8) is 0 Å². The maximum atomic E-state index is 12.8. The van der Waals surface area contributed by atoms with E-state index in [1.165, 1.54) is 19.1 Å². The van der Waals surface area contributed by atoms with E-state index >= 15 is 0 Å². The summed E-state index contributed by atoms with van der Waals surface area (Å²) < 4.78 is 12.8. The molecule has 0 saturated heterocycles. The molecule has 0 aromatic heterocycles. The summed E-state index contributed by atoms with van der Waals surface area (Å²) >= 11 is 0. The smallest absolute Gasteiger partial charge is 0.243 e. The van der Waals surface area contributed by atoms with E-state index in [4.69, 9.17) is 5.11 Å². The number of aromatic hydroxyl groups is 1. The van der Waals surface area contributed by atoms with E-state index in [9.17, 15) is 14.5 Å². The van der Waals surface area contributed by atoms with Gasteiger partial charge in [-0.25, -0.2) is 4.39 Å². The van der Waals surface area contributed by atoms with E-state index < -0.39 is 16.5 Å². The number of nitrogens with zero attached hydrogens (tertiary/aromatic N) is 1. The van der Waals surface area contributed by atoms with Gasteiger partial charge in [0.15, 0.2) is 11.6 Å². The van der Waals surface area contributed by atoms with Crippen LogP contribution in [0.2, 0.25) is 0 Å². The molecule has 74 valence electrons. The van der Waals surface area contributed by atoms with Crippen LogP contribution in [0.5, 0.6) is 5.75 Å². The van der Waals surface area contributed by atoms with Crippen LogP contribution < -0.4 is 0 Å². The third-order valence-corrected chi connectivity index (χ3v) is 1.64. The first-order valence-electron chi connectivity index (χ1n) is 3.82. The minimum atomic E-state index is -0.796. The van der Waals surface area contributed by atoms with E-state index in [2.05, 4.69) is 0 Å². The van der Waals surface area contributed by atoms with E-state index in [0.29, 0.717) is 5.56 Å². The largest absolute Gasteiger partial charge is 0.505 e. The zero-order valence-electron chi connectivity index (χ0n) is 7.40. The fraction of sp³-hybridized carbons (Fsp3) is 0.111. The normalized spacial score (nSPS) is 11.4. The number of nitro groups is 1. The highest BCUT2D eigenvalue weighted by atomic mass is 19.1. The Balaban J connectivity index is 3.04. The first-order chi connectivity index (χ1) is 6.50. The maximum Gasteiger partial charge on any atom is 0.243 e. The monoisotopic (exact) mass is 197 g/mol. The van der Waals surface area contributed by atoms with Gasteiger partial charge in [-0.15, -0.1) is 0 Å². The third kappa shape index (κ3) is 2.29. The SMILES string of the molecule is CC(=Cc1ccc(O)c(F)c1)[N+](=O)[O-]. The summed E-state index contributed by atoms with van der Waals surface area (Å²) in [6.07, 6.45) is 1.22. The highest BCUT2D eigenvalue weighted by molar-refractivity contribution is 5.52. The Kier molecular flexibility index (Phi) is 2.81. The molecule has 0 aliphatic carbocycles. The second-order valence-corrected chi connectivity index (χ2v) is 2.75. The van der Waals surface area contributed by atoms with Crippen molar-refractivity contribution in [2.75, 3.05) is 0 Å². The number of hydrogen-bond donors (Lipinski definition) is 1. The molecule has 1 N–H and O–H groups in total. The Labute approximate surface area is 79.4 Å². The number of rotatable bonds is 2. The fourth-order valence-corrected chi connectivity index (χ4v) is 0.907. The van der Waals surface area contributed by atoms with E-state index in [1.54, 1.807) is 0 Å². The van der Waals surface area contributed by atoms with Gasteiger partial charge in [-0.2, -0.15) is 0 Å². The van der Waals surface area contributed by atoms with E-state index in [-0.39, 0.29) is 5.70 Å². The van der Waals surface area contributed by atoms with Gasteiger partial charge in [0.1, 0.15) is 0 Å². The van der Waals surface area contributed by atoms with Gasteiger partial charge in [0.2, 0.25) is 5.70 Å². The van der Waals surface area contributed by atoms with E-state index in [1.807, 2.05) is 0 Å². The molecule has 5 heteroatoms. The molecule has 14 heavy (non-hydrogen) atoms. The summed E-state index contributed by atoms with van der Waals surface area (Å²) in [5, 5.41) is 19.1. The quantitative estimate of drug-likeness (QED) is 0.583. The predicted octanol–water partition coefficient (Wildman–Crippen LogP) is 2.17. The van der Waals surface area contributed by atoms with Gasteiger partial charge in [-0.3, -0.25) is 10.1 Å². The number of allylic oxidation sites excluding steroid dienone is 1. The van der Waals surface area contributed by atoms with Crippen LogP contribution in [0.1, 0.15) is 12.5 Å². The number of hydrogen-bond acceptors (Lipinski definition) is 3. The van der Waals surface area contributed by atoms with Crippen molar-refractivity contribution in [2.24, 2.45) is 0 Å². The first-order valence-corrected chi connectivity index (χ1v) is 3.82. The molecule has 1 aromatic rings. The minimum Gasteiger partial charge on any atom is -0.505 e. The Morgan fingerprint density at radius 3 is 2.79 bits per heavy atom. The topological polar surface area (TPSA) is 63.4 Å². The standard InChI is InChI=1S/C9H8FNO3/c1-6(11(13)14)4-7-2-3-9(12)8(10)5-7/h2-5,12H,1H3. The van der Waals surface area contributed by atoms with Crippen molar-refractivity contribution >= 4 is 6.08 Å². The summed E-state index contributed by atoms with van der Waals surface area (Å²) in [7, 11) is 0. The second kappa shape index (κ2) is 3.87. The lowest BCUT2D eigenvalue weighted by molar-refractivity contribution is -0.422. The summed E-state index contributed by atoms with van der Waals surface area (Å²) in [4.78, 5) is 9.68. The summed E-state index contributed by atoms with van der Waals surface area (Å²) in [6.45, 7) is 1.31. The molecule has 4 nitrogen and oxygen atoms in total.